The second kappa shape index (κ2) is 10.1. The van der Waals surface area contributed by atoms with Gasteiger partial charge in [0.2, 0.25) is 17.6 Å². The summed E-state index contributed by atoms with van der Waals surface area (Å²) < 4.78 is 5.30. The van der Waals surface area contributed by atoms with Gasteiger partial charge in [-0.2, -0.15) is 4.98 Å². The smallest absolute Gasteiger partial charge is 0.227 e. The highest BCUT2D eigenvalue weighted by Crippen LogP contribution is 2.28. The number of benzene rings is 2. The fraction of sp³-hybridized carbons (Fsp3) is 0.107. The van der Waals surface area contributed by atoms with Crippen LogP contribution in [0.4, 0.5) is 5.82 Å². The Morgan fingerprint density at radius 2 is 1.66 bits per heavy atom. The van der Waals surface area contributed by atoms with Crippen molar-refractivity contribution in [3.05, 3.63) is 103 Å². The van der Waals surface area contributed by atoms with Gasteiger partial charge in [-0.3, -0.25) is 9.78 Å². The highest BCUT2D eigenvalue weighted by molar-refractivity contribution is 5.91. The summed E-state index contributed by atoms with van der Waals surface area (Å²) >= 11 is 0. The molecule has 0 spiro atoms. The molecule has 0 unspecified atom stereocenters. The molecule has 2 aromatic carbocycles. The van der Waals surface area contributed by atoms with Crippen molar-refractivity contribution in [1.29, 1.82) is 0 Å². The number of aromatic nitrogens is 4. The molecule has 0 aliphatic carbocycles. The second-order valence-corrected chi connectivity index (χ2v) is 8.16. The maximum atomic E-state index is 12.8. The quantitative estimate of drug-likeness (QED) is 0.332. The molecule has 3 aromatic heterocycles. The van der Waals surface area contributed by atoms with E-state index in [1.807, 2.05) is 48.5 Å². The van der Waals surface area contributed by atoms with Crippen LogP contribution in [0.1, 0.15) is 17.9 Å². The summed E-state index contributed by atoms with van der Waals surface area (Å²) in [7, 11) is 0. The van der Waals surface area contributed by atoms with Crippen LogP contribution in [0, 0.1) is 6.92 Å². The van der Waals surface area contributed by atoms with E-state index in [9.17, 15) is 4.79 Å². The van der Waals surface area contributed by atoms with E-state index in [1.54, 1.807) is 18.5 Å². The Kier molecular flexibility index (Phi) is 6.39. The molecule has 7 heteroatoms. The summed E-state index contributed by atoms with van der Waals surface area (Å²) in [5.41, 5.74) is 5.75. The van der Waals surface area contributed by atoms with Crippen molar-refractivity contribution in [1.82, 2.24) is 20.1 Å². The Morgan fingerprint density at radius 1 is 0.857 bits per heavy atom. The van der Waals surface area contributed by atoms with Gasteiger partial charge in [-0.25, -0.2) is 4.98 Å². The first kappa shape index (κ1) is 22.2. The molecule has 3 heterocycles. The van der Waals surface area contributed by atoms with Crippen molar-refractivity contribution in [3.63, 3.8) is 0 Å². The SMILES string of the molecule is Cc1ccc(-c2cc(NC(=O)CCc3nc(-c4cccnc4)no3)nc(-c3ccccc3)c2)cc1. The van der Waals surface area contributed by atoms with Crippen molar-refractivity contribution in [2.45, 2.75) is 19.8 Å². The fourth-order valence-electron chi connectivity index (χ4n) is 3.66. The van der Waals surface area contributed by atoms with Crippen LogP contribution in [-0.4, -0.2) is 26.0 Å². The van der Waals surface area contributed by atoms with Gasteiger partial charge < -0.3 is 9.84 Å². The van der Waals surface area contributed by atoms with Gasteiger partial charge in [0.15, 0.2) is 0 Å². The predicted molar refractivity (Wildman–Crippen MR) is 134 cm³/mol. The Morgan fingerprint density at radius 3 is 2.43 bits per heavy atom. The van der Waals surface area contributed by atoms with Crippen molar-refractivity contribution in [3.8, 4) is 33.8 Å². The average Bonchev–Trinajstić information content (AvgIpc) is 3.38. The molecule has 7 nitrogen and oxygen atoms in total. The normalized spacial score (nSPS) is 10.8. The third-order valence-electron chi connectivity index (χ3n) is 5.50. The molecule has 1 N–H and O–H groups in total. The molecule has 0 saturated carbocycles. The summed E-state index contributed by atoms with van der Waals surface area (Å²) in [6.07, 6.45) is 3.85. The number of hydrogen-bond donors (Lipinski definition) is 1. The van der Waals surface area contributed by atoms with E-state index in [4.69, 9.17) is 9.51 Å². The van der Waals surface area contributed by atoms with Gasteiger partial charge >= 0.3 is 0 Å². The van der Waals surface area contributed by atoms with Gasteiger partial charge in [-0.1, -0.05) is 65.3 Å². The number of pyridine rings is 2. The summed E-state index contributed by atoms with van der Waals surface area (Å²) in [4.78, 5) is 25.9. The first-order valence-electron chi connectivity index (χ1n) is 11.3. The summed E-state index contributed by atoms with van der Waals surface area (Å²) in [6.45, 7) is 2.06. The molecular formula is C28H23N5O2. The van der Waals surface area contributed by atoms with Crippen LogP contribution in [0.5, 0.6) is 0 Å². The van der Waals surface area contributed by atoms with Crippen LogP contribution >= 0.6 is 0 Å². The number of aryl methyl sites for hydroxylation is 2. The van der Waals surface area contributed by atoms with Crippen molar-refractivity contribution < 1.29 is 9.32 Å². The van der Waals surface area contributed by atoms with Gasteiger partial charge in [0.1, 0.15) is 5.82 Å². The molecular weight excluding hydrogens is 438 g/mol. The zero-order valence-corrected chi connectivity index (χ0v) is 19.2. The van der Waals surface area contributed by atoms with Gasteiger partial charge in [0, 0.05) is 36.4 Å². The first-order chi connectivity index (χ1) is 17.1. The summed E-state index contributed by atoms with van der Waals surface area (Å²) in [5.74, 6) is 1.16. The minimum atomic E-state index is -0.182. The molecule has 0 radical (unpaired) electrons. The van der Waals surface area contributed by atoms with Crippen molar-refractivity contribution >= 4 is 11.7 Å². The number of carbonyl (C=O) groups excluding carboxylic acids is 1. The number of carbonyl (C=O) groups is 1. The molecule has 5 rings (SSSR count). The Balaban J connectivity index is 1.33. The predicted octanol–water partition coefficient (Wildman–Crippen LogP) is 5.74. The lowest BCUT2D eigenvalue weighted by atomic mass is 10.0. The number of nitrogens with one attached hydrogen (secondary N) is 1. The largest absolute Gasteiger partial charge is 0.339 e. The van der Waals surface area contributed by atoms with Crippen molar-refractivity contribution in [2.24, 2.45) is 0 Å². The van der Waals surface area contributed by atoms with E-state index in [-0.39, 0.29) is 12.3 Å². The van der Waals surface area contributed by atoms with Crippen LogP contribution in [0.2, 0.25) is 0 Å². The van der Waals surface area contributed by atoms with Gasteiger partial charge in [0.05, 0.1) is 5.69 Å². The molecule has 172 valence electrons. The van der Waals surface area contributed by atoms with Crippen molar-refractivity contribution in [2.75, 3.05) is 5.32 Å². The van der Waals surface area contributed by atoms with E-state index in [0.717, 1.165) is 27.9 Å². The molecule has 35 heavy (non-hydrogen) atoms. The first-order valence-corrected chi connectivity index (χ1v) is 11.3. The number of amides is 1. The molecule has 0 bridgehead atoms. The highest BCUT2D eigenvalue weighted by atomic mass is 16.5. The van der Waals surface area contributed by atoms with Crippen LogP contribution in [0.3, 0.4) is 0 Å². The molecule has 0 aliphatic rings. The number of hydrogen-bond acceptors (Lipinski definition) is 6. The Labute approximate surface area is 202 Å². The average molecular weight is 462 g/mol. The van der Waals surface area contributed by atoms with E-state index in [1.165, 1.54) is 5.56 Å². The van der Waals surface area contributed by atoms with Crippen LogP contribution in [-0.2, 0) is 11.2 Å². The maximum Gasteiger partial charge on any atom is 0.227 e. The summed E-state index contributed by atoms with van der Waals surface area (Å²) in [6, 6.07) is 25.8. The molecule has 0 atom stereocenters. The minimum absolute atomic E-state index is 0.182. The van der Waals surface area contributed by atoms with Gasteiger partial charge in [-0.15, -0.1) is 0 Å². The van der Waals surface area contributed by atoms with E-state index in [0.29, 0.717) is 24.0 Å². The fourth-order valence-corrected chi connectivity index (χ4v) is 3.66. The third kappa shape index (κ3) is 5.47. The summed E-state index contributed by atoms with van der Waals surface area (Å²) in [5, 5.41) is 6.91. The molecule has 5 aromatic rings. The standard InChI is InChI=1S/C28H23N5O2/c1-19-9-11-20(12-10-19)23-16-24(21-6-3-2-4-7-21)30-25(17-23)31-26(34)13-14-27-32-28(33-35-27)22-8-5-15-29-18-22/h2-12,15-18H,13-14H2,1H3,(H,30,31,34). The molecule has 0 saturated heterocycles. The van der Waals surface area contributed by atoms with Crippen LogP contribution in [0.15, 0.2) is 95.8 Å². The molecule has 0 aliphatic heterocycles. The lowest BCUT2D eigenvalue weighted by Crippen LogP contribution is -2.14. The van der Waals surface area contributed by atoms with Gasteiger partial charge in [0.25, 0.3) is 0 Å². The second-order valence-electron chi connectivity index (χ2n) is 8.16. The zero-order chi connectivity index (χ0) is 24.0. The highest BCUT2D eigenvalue weighted by Gasteiger charge is 2.13. The lowest BCUT2D eigenvalue weighted by Gasteiger charge is -2.11. The molecule has 0 fully saturated rings. The number of nitrogens with zero attached hydrogens (tertiary/aromatic N) is 4. The van der Waals surface area contributed by atoms with Crippen LogP contribution in [0.25, 0.3) is 33.8 Å². The topological polar surface area (TPSA) is 93.8 Å². The molecule has 1 amide bonds. The van der Waals surface area contributed by atoms with E-state index >= 15 is 0 Å². The van der Waals surface area contributed by atoms with E-state index in [2.05, 4.69) is 51.6 Å². The van der Waals surface area contributed by atoms with Gasteiger partial charge in [-0.05, 0) is 42.3 Å². The number of rotatable bonds is 7. The Bertz CT molecular complexity index is 1430. The maximum absolute atomic E-state index is 12.8. The van der Waals surface area contributed by atoms with E-state index < -0.39 is 0 Å². The van der Waals surface area contributed by atoms with Crippen LogP contribution < -0.4 is 5.32 Å². The third-order valence-corrected chi connectivity index (χ3v) is 5.50. The zero-order valence-electron chi connectivity index (χ0n) is 19.2. The Hall–Kier alpha value is -4.65. The minimum Gasteiger partial charge on any atom is -0.339 e. The number of anilines is 1. The lowest BCUT2D eigenvalue weighted by molar-refractivity contribution is -0.116. The monoisotopic (exact) mass is 461 g/mol.